The van der Waals surface area contributed by atoms with E-state index >= 15 is 0 Å². The summed E-state index contributed by atoms with van der Waals surface area (Å²) >= 11 is 0. The van der Waals surface area contributed by atoms with Crippen LogP contribution in [-0.4, -0.2) is 33.8 Å². The number of hydrogen-bond donors (Lipinski definition) is 0. The number of fused-ring (bicyclic) bond motifs is 1. The molecule has 2 aromatic heterocycles. The molecule has 0 spiro atoms. The van der Waals surface area contributed by atoms with Gasteiger partial charge in [0.15, 0.2) is 0 Å². The van der Waals surface area contributed by atoms with Gasteiger partial charge in [0.1, 0.15) is 11.4 Å². The lowest BCUT2D eigenvalue weighted by atomic mass is 10.0. The second-order valence-corrected chi connectivity index (χ2v) is 7.87. The lowest BCUT2D eigenvalue weighted by Gasteiger charge is -2.33. The third kappa shape index (κ3) is 3.83. The number of halogens is 3. The fourth-order valence-corrected chi connectivity index (χ4v) is 4.07. The minimum absolute atomic E-state index is 0.0779. The van der Waals surface area contributed by atoms with Crippen molar-refractivity contribution in [2.75, 3.05) is 18.1 Å². The van der Waals surface area contributed by atoms with Gasteiger partial charge in [0.2, 0.25) is 0 Å². The van der Waals surface area contributed by atoms with E-state index in [9.17, 15) is 18.0 Å². The number of aromatic nitrogens is 3. The molecule has 1 amide bonds. The maximum Gasteiger partial charge on any atom is 0.419 e. The lowest BCUT2D eigenvalue weighted by molar-refractivity contribution is -0.138. The molecule has 4 rings (SSSR count). The molecule has 1 aliphatic rings. The summed E-state index contributed by atoms with van der Waals surface area (Å²) in [5, 5.41) is 4.42. The molecule has 0 saturated carbocycles. The summed E-state index contributed by atoms with van der Waals surface area (Å²) in [6.07, 6.45) is -2.90. The highest BCUT2D eigenvalue weighted by Crippen LogP contribution is 2.40. The maximum atomic E-state index is 13.5. The van der Waals surface area contributed by atoms with E-state index in [1.807, 2.05) is 32.9 Å². The Balaban J connectivity index is 1.79. The third-order valence-electron chi connectivity index (χ3n) is 5.38. The van der Waals surface area contributed by atoms with Crippen molar-refractivity contribution in [2.45, 2.75) is 39.9 Å². The Morgan fingerprint density at radius 3 is 2.47 bits per heavy atom. The van der Waals surface area contributed by atoms with Gasteiger partial charge < -0.3 is 9.64 Å². The van der Waals surface area contributed by atoms with Gasteiger partial charge in [-0.2, -0.15) is 18.3 Å². The second kappa shape index (κ2) is 7.96. The number of benzene rings is 1. The summed E-state index contributed by atoms with van der Waals surface area (Å²) in [7, 11) is 0. The van der Waals surface area contributed by atoms with Gasteiger partial charge >= 0.3 is 6.18 Å². The van der Waals surface area contributed by atoms with Crippen LogP contribution in [0.15, 0.2) is 36.5 Å². The highest BCUT2D eigenvalue weighted by Gasteiger charge is 2.37. The molecule has 0 radical (unpaired) electrons. The first-order chi connectivity index (χ1) is 15.1. The quantitative estimate of drug-likeness (QED) is 0.555. The van der Waals surface area contributed by atoms with Gasteiger partial charge in [0.05, 0.1) is 24.4 Å². The van der Waals surface area contributed by atoms with E-state index in [0.29, 0.717) is 16.9 Å². The molecule has 1 atom stereocenters. The zero-order valence-corrected chi connectivity index (χ0v) is 18.2. The Hall–Kier alpha value is -3.36. The Kier molecular flexibility index (Phi) is 5.44. The van der Waals surface area contributed by atoms with Gasteiger partial charge in [-0.25, -0.2) is 0 Å². The number of alkyl halides is 3. The number of hydrogen-bond acceptors (Lipinski definition) is 4. The van der Waals surface area contributed by atoms with Crippen LogP contribution >= 0.6 is 0 Å². The summed E-state index contributed by atoms with van der Waals surface area (Å²) < 4.78 is 47.0. The first kappa shape index (κ1) is 21.9. The van der Waals surface area contributed by atoms with E-state index in [4.69, 9.17) is 4.74 Å². The second-order valence-electron chi connectivity index (χ2n) is 7.87. The normalized spacial score (nSPS) is 16.3. The molecule has 0 unspecified atom stereocenters. The number of carbonyl (C=O) groups excluding carboxylic acids is 1. The van der Waals surface area contributed by atoms with E-state index < -0.39 is 11.7 Å². The predicted octanol–water partition coefficient (Wildman–Crippen LogP) is 5.20. The molecule has 168 valence electrons. The molecule has 0 fully saturated rings. The van der Waals surface area contributed by atoms with Crippen molar-refractivity contribution in [1.29, 1.82) is 0 Å². The van der Waals surface area contributed by atoms with Crippen molar-refractivity contribution >= 4 is 11.6 Å². The van der Waals surface area contributed by atoms with Gasteiger partial charge in [0, 0.05) is 35.2 Å². The first-order valence-corrected chi connectivity index (χ1v) is 10.3. The molecule has 6 nitrogen and oxygen atoms in total. The Morgan fingerprint density at radius 1 is 1.16 bits per heavy atom. The van der Waals surface area contributed by atoms with Crippen LogP contribution in [0.5, 0.6) is 5.75 Å². The summed E-state index contributed by atoms with van der Waals surface area (Å²) in [5.74, 6) is -0.623. The van der Waals surface area contributed by atoms with Crippen LogP contribution < -0.4 is 9.64 Å². The molecule has 3 heterocycles. The van der Waals surface area contributed by atoms with Gasteiger partial charge in [-0.1, -0.05) is 0 Å². The standard InChI is InChI=1S/C23H23F3N4O2/c1-5-32-20-10-17(6-7-19(20)23(24,25)26)29-12-15(4)30-21(22(29)31)18(11-27-30)16-8-13(2)28-14(3)9-16/h6-11,15H,5,12H2,1-4H3/t15-/m0/s1. The zero-order chi connectivity index (χ0) is 23.2. The summed E-state index contributed by atoms with van der Waals surface area (Å²) in [6.45, 7) is 7.63. The average molecular weight is 444 g/mol. The average Bonchev–Trinajstić information content (AvgIpc) is 3.15. The number of ether oxygens (including phenoxy) is 1. The predicted molar refractivity (Wildman–Crippen MR) is 114 cm³/mol. The van der Waals surface area contributed by atoms with Crippen LogP contribution in [0.2, 0.25) is 0 Å². The smallest absolute Gasteiger partial charge is 0.419 e. The lowest BCUT2D eigenvalue weighted by Crippen LogP contribution is -2.42. The van der Waals surface area contributed by atoms with Crippen LogP contribution in [0.1, 0.15) is 47.3 Å². The molecule has 9 heteroatoms. The monoisotopic (exact) mass is 444 g/mol. The molecule has 0 N–H and O–H groups in total. The van der Waals surface area contributed by atoms with Gasteiger partial charge in [-0.15, -0.1) is 0 Å². The van der Waals surface area contributed by atoms with Crippen LogP contribution in [0, 0.1) is 13.8 Å². The number of pyridine rings is 1. The number of aryl methyl sites for hydroxylation is 2. The van der Waals surface area contributed by atoms with Crippen molar-refractivity contribution in [3.05, 3.63) is 59.2 Å². The number of anilines is 1. The highest BCUT2D eigenvalue weighted by molar-refractivity contribution is 6.10. The van der Waals surface area contributed by atoms with Crippen LogP contribution in [-0.2, 0) is 6.18 Å². The van der Waals surface area contributed by atoms with Gasteiger partial charge in [0.25, 0.3) is 5.91 Å². The van der Waals surface area contributed by atoms with Gasteiger partial charge in [-0.05, 0) is 57.5 Å². The van der Waals surface area contributed by atoms with Crippen molar-refractivity contribution < 1.29 is 22.7 Å². The van der Waals surface area contributed by atoms with E-state index in [0.717, 1.165) is 23.0 Å². The number of amides is 1. The molecule has 0 saturated heterocycles. The number of nitrogens with zero attached hydrogens (tertiary/aromatic N) is 4. The van der Waals surface area contributed by atoms with Crippen molar-refractivity contribution in [3.63, 3.8) is 0 Å². The number of rotatable bonds is 4. The zero-order valence-electron chi connectivity index (χ0n) is 18.2. The third-order valence-corrected chi connectivity index (χ3v) is 5.38. The Bertz CT molecular complexity index is 1170. The Morgan fingerprint density at radius 2 is 1.84 bits per heavy atom. The van der Waals surface area contributed by atoms with Crippen molar-refractivity contribution in [2.24, 2.45) is 0 Å². The molecule has 1 aromatic carbocycles. The molecular formula is C23H23F3N4O2. The summed E-state index contributed by atoms with van der Waals surface area (Å²) in [4.78, 5) is 19.4. The topological polar surface area (TPSA) is 60.2 Å². The van der Waals surface area contributed by atoms with Gasteiger partial charge in [-0.3, -0.25) is 14.5 Å². The molecular weight excluding hydrogens is 421 g/mol. The fraction of sp³-hybridized carbons (Fsp3) is 0.348. The molecule has 3 aromatic rings. The van der Waals surface area contributed by atoms with E-state index in [-0.39, 0.29) is 30.9 Å². The SMILES string of the molecule is CCOc1cc(N2C[C@H](C)n3ncc(-c4cc(C)nc(C)c4)c3C2=O)ccc1C(F)(F)F. The molecule has 1 aliphatic heterocycles. The number of carbonyl (C=O) groups is 1. The Labute approximate surface area is 183 Å². The van der Waals surface area contributed by atoms with Crippen molar-refractivity contribution in [3.8, 4) is 16.9 Å². The highest BCUT2D eigenvalue weighted by atomic mass is 19.4. The largest absolute Gasteiger partial charge is 0.493 e. The van der Waals surface area contributed by atoms with Crippen LogP contribution in [0.25, 0.3) is 11.1 Å². The molecule has 0 bridgehead atoms. The van der Waals surface area contributed by atoms with Crippen molar-refractivity contribution in [1.82, 2.24) is 14.8 Å². The summed E-state index contributed by atoms with van der Waals surface area (Å²) in [5.41, 5.74) is 2.99. The van der Waals surface area contributed by atoms with E-state index in [1.54, 1.807) is 17.8 Å². The minimum Gasteiger partial charge on any atom is -0.493 e. The van der Waals surface area contributed by atoms with Crippen LogP contribution in [0.4, 0.5) is 18.9 Å². The molecule has 0 aliphatic carbocycles. The van der Waals surface area contributed by atoms with Crippen LogP contribution in [0.3, 0.4) is 0 Å². The summed E-state index contributed by atoms with van der Waals surface area (Å²) in [6, 6.07) is 7.14. The van der Waals surface area contributed by atoms with E-state index in [2.05, 4.69) is 10.1 Å². The first-order valence-electron chi connectivity index (χ1n) is 10.3. The van der Waals surface area contributed by atoms with E-state index in [1.165, 1.54) is 17.0 Å². The molecule has 32 heavy (non-hydrogen) atoms. The maximum absolute atomic E-state index is 13.5. The minimum atomic E-state index is -4.55. The fourth-order valence-electron chi connectivity index (χ4n) is 4.07.